The molecule has 0 unspecified atom stereocenters. The second kappa shape index (κ2) is 6.80. The lowest BCUT2D eigenvalue weighted by Crippen LogP contribution is -2.32. The molecule has 1 heterocycles. The first-order valence-corrected chi connectivity index (χ1v) is 8.21. The van der Waals surface area contributed by atoms with Gasteiger partial charge >= 0.3 is 0 Å². The van der Waals surface area contributed by atoms with Crippen LogP contribution in [0.4, 0.5) is 0 Å². The van der Waals surface area contributed by atoms with Crippen LogP contribution in [-0.4, -0.2) is 6.04 Å². The van der Waals surface area contributed by atoms with E-state index in [-0.39, 0.29) is 5.41 Å². The van der Waals surface area contributed by atoms with Crippen molar-refractivity contribution in [2.75, 3.05) is 0 Å². The predicted octanol–water partition coefficient (Wildman–Crippen LogP) is 5.20. The largest absolute Gasteiger partial charge is 0.466 e. The van der Waals surface area contributed by atoms with E-state index in [1.165, 1.54) is 5.56 Å². The summed E-state index contributed by atoms with van der Waals surface area (Å²) in [6, 6.07) is 13.0. The van der Waals surface area contributed by atoms with Gasteiger partial charge in [-0.15, -0.1) is 0 Å². The Morgan fingerprint density at radius 2 is 1.81 bits per heavy atom. The van der Waals surface area contributed by atoms with Crippen molar-refractivity contribution in [3.63, 3.8) is 0 Å². The first-order valence-electron chi connectivity index (χ1n) is 7.41. The molecule has 0 radical (unpaired) electrons. The fraction of sp³-hybridized carbons (Fsp3) is 0.444. The second-order valence-corrected chi connectivity index (χ2v) is 7.32. The summed E-state index contributed by atoms with van der Waals surface area (Å²) in [5.41, 5.74) is 1.34. The minimum atomic E-state index is 0.0421. The Kier molecular flexibility index (Phi) is 5.28. The van der Waals surface area contributed by atoms with E-state index in [0.717, 1.165) is 29.0 Å². The molecule has 2 rings (SSSR count). The number of hydrogen-bond donors (Lipinski definition) is 1. The molecule has 0 saturated heterocycles. The van der Waals surface area contributed by atoms with E-state index in [2.05, 4.69) is 72.3 Å². The zero-order valence-corrected chi connectivity index (χ0v) is 14.8. The molecule has 1 aromatic carbocycles. The van der Waals surface area contributed by atoms with E-state index >= 15 is 0 Å². The highest BCUT2D eigenvalue weighted by atomic mass is 79.9. The topological polar surface area (TPSA) is 25.2 Å². The molecule has 0 spiro atoms. The number of hydrogen-bond acceptors (Lipinski definition) is 2. The molecule has 0 fully saturated rings. The first-order chi connectivity index (χ1) is 9.87. The zero-order valence-electron chi connectivity index (χ0n) is 13.2. The van der Waals surface area contributed by atoms with Crippen molar-refractivity contribution in [1.29, 1.82) is 0 Å². The van der Waals surface area contributed by atoms with Gasteiger partial charge in [-0.1, -0.05) is 41.9 Å². The van der Waals surface area contributed by atoms with Crippen LogP contribution in [0.1, 0.15) is 44.3 Å². The molecule has 0 aliphatic carbocycles. The fourth-order valence-electron chi connectivity index (χ4n) is 2.63. The summed E-state index contributed by atoms with van der Waals surface area (Å²) in [5.74, 6) is 2.05. The molecule has 0 aliphatic rings. The maximum Gasteiger partial charge on any atom is 0.109 e. The van der Waals surface area contributed by atoms with E-state index in [4.69, 9.17) is 4.42 Å². The standard InChI is InChI=1S/C18H24BrNO/c1-13(20-12-15-6-8-16(19)9-7-15)11-18(3,4)17-10-5-14(2)21-17/h5-10,13,20H,11-12H2,1-4H3/t13-/m1/s1. The van der Waals surface area contributed by atoms with E-state index < -0.39 is 0 Å². The lowest BCUT2D eigenvalue weighted by molar-refractivity contribution is 0.319. The van der Waals surface area contributed by atoms with Gasteiger partial charge in [0.25, 0.3) is 0 Å². The molecule has 1 aromatic heterocycles. The minimum Gasteiger partial charge on any atom is -0.466 e. The number of furan rings is 1. The van der Waals surface area contributed by atoms with Gasteiger partial charge in [-0.25, -0.2) is 0 Å². The summed E-state index contributed by atoms with van der Waals surface area (Å²) in [7, 11) is 0. The van der Waals surface area contributed by atoms with Crippen molar-refractivity contribution in [1.82, 2.24) is 5.32 Å². The Bertz CT molecular complexity index is 571. The maximum absolute atomic E-state index is 5.79. The predicted molar refractivity (Wildman–Crippen MR) is 91.5 cm³/mol. The van der Waals surface area contributed by atoms with Gasteiger partial charge in [0.05, 0.1) is 0 Å². The average Bonchev–Trinajstić information content (AvgIpc) is 2.85. The van der Waals surface area contributed by atoms with Gasteiger partial charge in [0.15, 0.2) is 0 Å². The molecule has 1 N–H and O–H groups in total. The van der Waals surface area contributed by atoms with Gasteiger partial charge < -0.3 is 9.73 Å². The van der Waals surface area contributed by atoms with E-state index in [1.54, 1.807) is 0 Å². The molecule has 0 amide bonds. The van der Waals surface area contributed by atoms with Gasteiger partial charge in [-0.3, -0.25) is 0 Å². The van der Waals surface area contributed by atoms with Crippen LogP contribution in [-0.2, 0) is 12.0 Å². The summed E-state index contributed by atoms with van der Waals surface area (Å²) in [4.78, 5) is 0. The smallest absolute Gasteiger partial charge is 0.109 e. The Hall–Kier alpha value is -1.06. The van der Waals surface area contributed by atoms with Crippen LogP contribution < -0.4 is 5.32 Å². The number of halogens is 1. The van der Waals surface area contributed by atoms with Crippen molar-refractivity contribution < 1.29 is 4.42 Å². The second-order valence-electron chi connectivity index (χ2n) is 6.41. The highest BCUT2D eigenvalue weighted by Gasteiger charge is 2.26. The van der Waals surface area contributed by atoms with Crippen LogP contribution in [0.2, 0.25) is 0 Å². The van der Waals surface area contributed by atoms with Crippen molar-refractivity contribution in [2.24, 2.45) is 0 Å². The van der Waals surface area contributed by atoms with Crippen molar-refractivity contribution in [3.05, 3.63) is 58.0 Å². The Morgan fingerprint density at radius 1 is 1.14 bits per heavy atom. The molecular weight excluding hydrogens is 326 g/mol. The molecule has 2 aromatic rings. The van der Waals surface area contributed by atoms with E-state index in [1.807, 2.05) is 13.0 Å². The van der Waals surface area contributed by atoms with E-state index in [9.17, 15) is 0 Å². The van der Waals surface area contributed by atoms with Crippen molar-refractivity contribution in [2.45, 2.75) is 52.1 Å². The third kappa shape index (κ3) is 4.72. The lowest BCUT2D eigenvalue weighted by atomic mass is 9.83. The molecule has 2 nitrogen and oxygen atoms in total. The van der Waals surface area contributed by atoms with Gasteiger partial charge in [0, 0.05) is 22.5 Å². The van der Waals surface area contributed by atoms with Crippen molar-refractivity contribution >= 4 is 15.9 Å². The van der Waals surface area contributed by atoms with Crippen LogP contribution in [0.15, 0.2) is 45.3 Å². The molecule has 0 saturated carbocycles. The van der Waals surface area contributed by atoms with Gasteiger partial charge in [-0.05, 0) is 50.1 Å². The first kappa shape index (κ1) is 16.3. The Labute approximate surface area is 136 Å². The van der Waals surface area contributed by atoms with Crippen molar-refractivity contribution in [3.8, 4) is 0 Å². The SMILES string of the molecule is Cc1ccc(C(C)(C)C[C@@H](C)NCc2ccc(Br)cc2)o1. The van der Waals surface area contributed by atoms with Gasteiger partial charge in [0.2, 0.25) is 0 Å². The lowest BCUT2D eigenvalue weighted by Gasteiger charge is -2.26. The van der Waals surface area contributed by atoms with Crippen LogP contribution in [0.5, 0.6) is 0 Å². The number of nitrogens with one attached hydrogen (secondary N) is 1. The summed E-state index contributed by atoms with van der Waals surface area (Å²) in [6.07, 6.45) is 1.04. The summed E-state index contributed by atoms with van der Waals surface area (Å²) >= 11 is 3.46. The van der Waals surface area contributed by atoms with Crippen LogP contribution >= 0.6 is 15.9 Å². The third-order valence-corrected chi connectivity index (χ3v) is 4.32. The maximum atomic E-state index is 5.79. The molecule has 3 heteroatoms. The van der Waals surface area contributed by atoms with Crippen LogP contribution in [0, 0.1) is 6.92 Å². The number of rotatable bonds is 6. The summed E-state index contributed by atoms with van der Waals surface area (Å²) < 4.78 is 6.91. The molecule has 0 bridgehead atoms. The summed E-state index contributed by atoms with van der Waals surface area (Å²) in [5, 5.41) is 3.59. The fourth-order valence-corrected chi connectivity index (χ4v) is 2.90. The number of benzene rings is 1. The summed E-state index contributed by atoms with van der Waals surface area (Å²) in [6.45, 7) is 9.60. The molecule has 1 atom stereocenters. The van der Waals surface area contributed by atoms with E-state index in [0.29, 0.717) is 6.04 Å². The zero-order chi connectivity index (χ0) is 15.5. The monoisotopic (exact) mass is 349 g/mol. The van der Waals surface area contributed by atoms with Gasteiger partial charge in [0.1, 0.15) is 11.5 Å². The highest BCUT2D eigenvalue weighted by molar-refractivity contribution is 9.10. The minimum absolute atomic E-state index is 0.0421. The Balaban J connectivity index is 1.89. The van der Waals surface area contributed by atoms with Gasteiger partial charge in [-0.2, -0.15) is 0 Å². The molecule has 21 heavy (non-hydrogen) atoms. The normalized spacial score (nSPS) is 13.4. The Morgan fingerprint density at radius 3 is 2.38 bits per heavy atom. The third-order valence-electron chi connectivity index (χ3n) is 3.79. The quantitative estimate of drug-likeness (QED) is 0.775. The molecule has 0 aliphatic heterocycles. The molecule has 114 valence electrons. The molecular formula is C18H24BrNO. The number of aryl methyl sites for hydroxylation is 1. The highest BCUT2D eigenvalue weighted by Crippen LogP contribution is 2.29. The van der Waals surface area contributed by atoms with Crippen LogP contribution in [0.25, 0.3) is 0 Å². The average molecular weight is 350 g/mol. The van der Waals surface area contributed by atoms with Crippen LogP contribution in [0.3, 0.4) is 0 Å².